The van der Waals surface area contributed by atoms with Crippen LogP contribution < -0.4 is 11.3 Å². The fourth-order valence-electron chi connectivity index (χ4n) is 3.27. The molecular formula is C16H21ClN2O. The van der Waals surface area contributed by atoms with Crippen LogP contribution in [0.4, 0.5) is 0 Å². The smallest absolute Gasteiger partial charge is 0.152 e. The molecule has 1 heterocycles. The molecule has 4 heteroatoms. The van der Waals surface area contributed by atoms with Crippen LogP contribution in [-0.4, -0.2) is 0 Å². The van der Waals surface area contributed by atoms with Gasteiger partial charge in [0.05, 0.1) is 11.1 Å². The molecule has 1 aliphatic rings. The standard InChI is InChI=1S/C16H21ClN2O/c1-10-5-7-11(8-6-10)15(19-18)14-9-12-3-2-4-13(17)16(12)20-14/h2-4,9-11,15,19H,5-8,18H2,1H3. The zero-order valence-electron chi connectivity index (χ0n) is 11.7. The first kappa shape index (κ1) is 13.9. The van der Waals surface area contributed by atoms with Crippen LogP contribution in [0.25, 0.3) is 11.0 Å². The molecule has 1 aliphatic carbocycles. The molecule has 0 radical (unpaired) electrons. The van der Waals surface area contributed by atoms with Gasteiger partial charge < -0.3 is 4.42 Å². The van der Waals surface area contributed by atoms with Crippen LogP contribution >= 0.6 is 11.6 Å². The third-order valence-corrected chi connectivity index (χ3v) is 4.83. The van der Waals surface area contributed by atoms with Gasteiger partial charge in [-0.2, -0.15) is 0 Å². The largest absolute Gasteiger partial charge is 0.458 e. The van der Waals surface area contributed by atoms with Gasteiger partial charge in [0.1, 0.15) is 5.76 Å². The van der Waals surface area contributed by atoms with Crippen LogP contribution in [0.1, 0.15) is 44.4 Å². The molecule has 0 amide bonds. The van der Waals surface area contributed by atoms with Crippen LogP contribution in [0.2, 0.25) is 5.02 Å². The van der Waals surface area contributed by atoms with E-state index in [1.54, 1.807) is 0 Å². The molecule has 1 unspecified atom stereocenters. The highest BCUT2D eigenvalue weighted by molar-refractivity contribution is 6.34. The van der Waals surface area contributed by atoms with Gasteiger partial charge in [-0.25, -0.2) is 5.43 Å². The number of hydrogen-bond acceptors (Lipinski definition) is 3. The van der Waals surface area contributed by atoms with Gasteiger partial charge in [-0.3, -0.25) is 5.84 Å². The minimum atomic E-state index is 0.0750. The maximum Gasteiger partial charge on any atom is 0.152 e. The Balaban J connectivity index is 1.89. The van der Waals surface area contributed by atoms with Crippen molar-refractivity contribution in [2.75, 3.05) is 0 Å². The van der Waals surface area contributed by atoms with Crippen molar-refractivity contribution in [3.8, 4) is 0 Å². The van der Waals surface area contributed by atoms with E-state index in [2.05, 4.69) is 18.4 Å². The summed E-state index contributed by atoms with van der Waals surface area (Å²) in [4.78, 5) is 0. The van der Waals surface area contributed by atoms with Crippen molar-refractivity contribution in [2.24, 2.45) is 17.7 Å². The molecule has 0 spiro atoms. The zero-order chi connectivity index (χ0) is 14.1. The van der Waals surface area contributed by atoms with Crippen molar-refractivity contribution >= 4 is 22.6 Å². The quantitative estimate of drug-likeness (QED) is 0.650. The van der Waals surface area contributed by atoms with Crippen LogP contribution in [0.3, 0.4) is 0 Å². The number of rotatable bonds is 3. The van der Waals surface area contributed by atoms with Gasteiger partial charge in [-0.15, -0.1) is 0 Å². The van der Waals surface area contributed by atoms with Gasteiger partial charge in [-0.05, 0) is 36.8 Å². The second-order valence-corrected chi connectivity index (χ2v) is 6.38. The number of hydrogen-bond donors (Lipinski definition) is 2. The van der Waals surface area contributed by atoms with Crippen molar-refractivity contribution in [1.29, 1.82) is 0 Å². The average molecular weight is 293 g/mol. The first-order chi connectivity index (χ1) is 9.69. The van der Waals surface area contributed by atoms with E-state index in [0.29, 0.717) is 10.9 Å². The maximum atomic E-state index is 6.18. The van der Waals surface area contributed by atoms with E-state index in [4.69, 9.17) is 21.9 Å². The molecule has 108 valence electrons. The summed E-state index contributed by atoms with van der Waals surface area (Å²) in [5.41, 5.74) is 3.70. The number of nitrogens with two attached hydrogens (primary N) is 1. The van der Waals surface area contributed by atoms with Crippen LogP contribution in [0.15, 0.2) is 28.7 Å². The number of hydrazine groups is 1. The Labute approximate surface area is 124 Å². The zero-order valence-corrected chi connectivity index (χ0v) is 12.5. The molecule has 20 heavy (non-hydrogen) atoms. The fourth-order valence-corrected chi connectivity index (χ4v) is 3.49. The van der Waals surface area contributed by atoms with Crippen LogP contribution in [0, 0.1) is 11.8 Å². The van der Waals surface area contributed by atoms with Crippen molar-refractivity contribution in [2.45, 2.75) is 38.6 Å². The summed E-state index contributed by atoms with van der Waals surface area (Å²) in [6, 6.07) is 7.95. The summed E-state index contributed by atoms with van der Waals surface area (Å²) < 4.78 is 5.96. The van der Waals surface area contributed by atoms with Gasteiger partial charge in [-0.1, -0.05) is 43.5 Å². The molecule has 2 aromatic rings. The number of para-hydroxylation sites is 1. The fraction of sp³-hybridized carbons (Fsp3) is 0.500. The molecular weight excluding hydrogens is 272 g/mol. The van der Waals surface area contributed by atoms with E-state index in [1.165, 1.54) is 25.7 Å². The summed E-state index contributed by atoms with van der Waals surface area (Å²) in [5.74, 6) is 8.05. The predicted octanol–water partition coefficient (Wildman–Crippen LogP) is 4.42. The van der Waals surface area contributed by atoms with Crippen molar-refractivity contribution < 1.29 is 4.42 Å². The van der Waals surface area contributed by atoms with Crippen molar-refractivity contribution in [3.05, 3.63) is 35.0 Å². The van der Waals surface area contributed by atoms with E-state index in [9.17, 15) is 0 Å². The Morgan fingerprint density at radius 3 is 2.70 bits per heavy atom. The summed E-state index contributed by atoms with van der Waals surface area (Å²) >= 11 is 6.18. The molecule has 1 aromatic heterocycles. The number of halogens is 1. The molecule has 1 aromatic carbocycles. The molecule has 3 N–H and O–H groups in total. The van der Waals surface area contributed by atoms with Gasteiger partial charge >= 0.3 is 0 Å². The topological polar surface area (TPSA) is 51.2 Å². The Bertz CT molecular complexity index is 587. The Morgan fingerprint density at radius 2 is 2.05 bits per heavy atom. The van der Waals surface area contributed by atoms with Crippen LogP contribution in [-0.2, 0) is 0 Å². The first-order valence-corrected chi connectivity index (χ1v) is 7.71. The average Bonchev–Trinajstić information content (AvgIpc) is 2.87. The number of fused-ring (bicyclic) bond motifs is 1. The van der Waals surface area contributed by atoms with Crippen molar-refractivity contribution in [3.63, 3.8) is 0 Å². The second kappa shape index (κ2) is 5.76. The molecule has 0 saturated heterocycles. The summed E-state index contributed by atoms with van der Waals surface area (Å²) in [6.45, 7) is 2.32. The highest BCUT2D eigenvalue weighted by atomic mass is 35.5. The van der Waals surface area contributed by atoms with E-state index < -0.39 is 0 Å². The number of benzene rings is 1. The highest BCUT2D eigenvalue weighted by Gasteiger charge is 2.29. The Morgan fingerprint density at radius 1 is 1.30 bits per heavy atom. The van der Waals surface area contributed by atoms with Gasteiger partial charge in [0, 0.05) is 5.39 Å². The molecule has 0 bridgehead atoms. The molecule has 3 nitrogen and oxygen atoms in total. The lowest BCUT2D eigenvalue weighted by Crippen LogP contribution is -2.35. The van der Waals surface area contributed by atoms with Crippen LogP contribution in [0.5, 0.6) is 0 Å². The maximum absolute atomic E-state index is 6.18. The van der Waals surface area contributed by atoms with Gasteiger partial charge in [0.15, 0.2) is 5.58 Å². The Kier molecular flexibility index (Phi) is 4.01. The minimum Gasteiger partial charge on any atom is -0.458 e. The van der Waals surface area contributed by atoms with E-state index in [0.717, 1.165) is 22.6 Å². The van der Waals surface area contributed by atoms with E-state index >= 15 is 0 Å². The highest BCUT2D eigenvalue weighted by Crippen LogP contribution is 2.38. The summed E-state index contributed by atoms with van der Waals surface area (Å²) in [5, 5.41) is 1.69. The van der Waals surface area contributed by atoms with Crippen molar-refractivity contribution in [1.82, 2.24) is 5.43 Å². The van der Waals surface area contributed by atoms with E-state index in [-0.39, 0.29) is 6.04 Å². The molecule has 1 atom stereocenters. The molecule has 0 aliphatic heterocycles. The second-order valence-electron chi connectivity index (χ2n) is 5.97. The molecule has 3 rings (SSSR count). The normalized spacial score (nSPS) is 24.9. The molecule has 1 fully saturated rings. The number of furan rings is 1. The lowest BCUT2D eigenvalue weighted by atomic mass is 9.79. The third-order valence-electron chi connectivity index (χ3n) is 4.53. The lowest BCUT2D eigenvalue weighted by molar-refractivity contribution is 0.215. The molecule has 1 saturated carbocycles. The first-order valence-electron chi connectivity index (χ1n) is 7.33. The Hall–Kier alpha value is -1.03. The summed E-state index contributed by atoms with van der Waals surface area (Å²) in [6.07, 6.45) is 4.93. The van der Waals surface area contributed by atoms with E-state index in [1.807, 2.05) is 18.2 Å². The van der Waals surface area contributed by atoms with Gasteiger partial charge in [0.25, 0.3) is 0 Å². The third kappa shape index (κ3) is 2.58. The predicted molar refractivity (Wildman–Crippen MR) is 82.4 cm³/mol. The van der Waals surface area contributed by atoms with Gasteiger partial charge in [0.2, 0.25) is 0 Å². The summed E-state index contributed by atoms with van der Waals surface area (Å²) in [7, 11) is 0. The minimum absolute atomic E-state index is 0.0750. The number of nitrogens with one attached hydrogen (secondary N) is 1. The lowest BCUT2D eigenvalue weighted by Gasteiger charge is -2.31. The monoisotopic (exact) mass is 292 g/mol. The SMILES string of the molecule is CC1CCC(C(NN)c2cc3cccc(Cl)c3o2)CC1.